The van der Waals surface area contributed by atoms with E-state index >= 15 is 0 Å². The first-order valence-electron chi connectivity index (χ1n) is 9.57. The highest BCUT2D eigenvalue weighted by molar-refractivity contribution is 6.05. The summed E-state index contributed by atoms with van der Waals surface area (Å²) >= 11 is 0. The maximum atomic E-state index is 12.6. The van der Waals surface area contributed by atoms with Crippen molar-refractivity contribution < 1.29 is 14.3 Å². The Hall–Kier alpha value is -3.08. The van der Waals surface area contributed by atoms with Gasteiger partial charge >= 0.3 is 5.97 Å². The smallest absolute Gasteiger partial charge is 0.341 e. The Balaban J connectivity index is 1.73. The number of para-hydroxylation sites is 2. The van der Waals surface area contributed by atoms with Crippen molar-refractivity contribution in [2.45, 2.75) is 39.2 Å². The van der Waals surface area contributed by atoms with Crippen LogP contribution in [0.5, 0.6) is 0 Å². The van der Waals surface area contributed by atoms with Gasteiger partial charge in [0.15, 0.2) is 6.10 Å². The Morgan fingerprint density at radius 2 is 1.75 bits per heavy atom. The molecule has 0 saturated carbocycles. The lowest BCUT2D eigenvalue weighted by Gasteiger charge is -2.18. The van der Waals surface area contributed by atoms with E-state index < -0.39 is 12.1 Å². The summed E-state index contributed by atoms with van der Waals surface area (Å²) in [6.45, 7) is 5.82. The maximum Gasteiger partial charge on any atom is 0.341 e. The lowest BCUT2D eigenvalue weighted by molar-refractivity contribution is -0.123. The maximum absolute atomic E-state index is 12.6. The van der Waals surface area contributed by atoms with Gasteiger partial charge in [-0.15, -0.1) is 0 Å². The van der Waals surface area contributed by atoms with Gasteiger partial charge in [0.2, 0.25) is 0 Å². The second kappa shape index (κ2) is 8.30. The molecule has 0 saturated heterocycles. The minimum absolute atomic E-state index is 0.324. The van der Waals surface area contributed by atoms with Crippen molar-refractivity contribution >= 4 is 28.5 Å². The number of fused-ring (bicyclic) bond motifs is 1. The number of nitrogens with zero attached hydrogens (tertiary/aromatic N) is 1. The number of esters is 1. The summed E-state index contributed by atoms with van der Waals surface area (Å²) in [6, 6.07) is 15.3. The molecule has 0 aliphatic carbocycles. The Morgan fingerprint density at radius 3 is 2.50 bits per heavy atom. The van der Waals surface area contributed by atoms with Crippen molar-refractivity contribution in [3.8, 4) is 0 Å². The largest absolute Gasteiger partial charge is 0.449 e. The molecule has 3 aromatic rings. The molecule has 0 fully saturated rings. The van der Waals surface area contributed by atoms with Gasteiger partial charge in [0.1, 0.15) is 0 Å². The first-order valence-corrected chi connectivity index (χ1v) is 9.57. The molecule has 0 radical (unpaired) electrons. The number of rotatable bonds is 6. The van der Waals surface area contributed by atoms with Gasteiger partial charge in [0.05, 0.1) is 5.56 Å². The SMILES string of the molecule is CC[C@H](C)c1ccccc1NC(=O)[C@@H](C)OC(=O)c1cn(C)c2ccccc12. The molecule has 146 valence electrons. The molecule has 2 aromatic carbocycles. The van der Waals surface area contributed by atoms with E-state index in [0.29, 0.717) is 11.5 Å². The van der Waals surface area contributed by atoms with Crippen LogP contribution in [0.3, 0.4) is 0 Å². The molecule has 0 aliphatic heterocycles. The lowest BCUT2D eigenvalue weighted by Crippen LogP contribution is -2.30. The molecule has 5 heteroatoms. The molecule has 0 unspecified atom stereocenters. The minimum Gasteiger partial charge on any atom is -0.449 e. The van der Waals surface area contributed by atoms with Crippen LogP contribution >= 0.6 is 0 Å². The van der Waals surface area contributed by atoms with Gasteiger partial charge in [0.25, 0.3) is 5.91 Å². The number of hydrogen-bond acceptors (Lipinski definition) is 3. The van der Waals surface area contributed by atoms with Gasteiger partial charge < -0.3 is 14.6 Å². The molecule has 1 amide bonds. The third-order valence-electron chi connectivity index (χ3n) is 5.13. The van der Waals surface area contributed by atoms with Crippen LogP contribution in [0, 0.1) is 0 Å². The number of ether oxygens (including phenoxy) is 1. The number of aryl methyl sites for hydroxylation is 1. The lowest BCUT2D eigenvalue weighted by atomic mass is 9.97. The third-order valence-corrected chi connectivity index (χ3v) is 5.13. The third kappa shape index (κ3) is 3.93. The summed E-state index contributed by atoms with van der Waals surface area (Å²) in [7, 11) is 1.88. The monoisotopic (exact) mass is 378 g/mol. The van der Waals surface area contributed by atoms with E-state index in [9.17, 15) is 9.59 Å². The number of carbonyl (C=O) groups is 2. The average molecular weight is 378 g/mol. The molecular weight excluding hydrogens is 352 g/mol. The van der Waals surface area contributed by atoms with Gasteiger partial charge in [-0.2, -0.15) is 0 Å². The summed E-state index contributed by atoms with van der Waals surface area (Å²) in [4.78, 5) is 25.3. The van der Waals surface area contributed by atoms with Crippen LogP contribution in [-0.2, 0) is 16.6 Å². The van der Waals surface area contributed by atoms with Gasteiger partial charge in [-0.25, -0.2) is 4.79 Å². The number of aromatic nitrogens is 1. The van der Waals surface area contributed by atoms with Crippen LogP contribution in [0.25, 0.3) is 10.9 Å². The number of carbonyl (C=O) groups excluding carboxylic acids is 2. The van der Waals surface area contributed by atoms with Crippen molar-refractivity contribution in [1.29, 1.82) is 0 Å². The van der Waals surface area contributed by atoms with Crippen LogP contribution in [0.2, 0.25) is 0 Å². The minimum atomic E-state index is -0.906. The summed E-state index contributed by atoms with van der Waals surface area (Å²) in [6.07, 6.45) is 1.80. The van der Waals surface area contributed by atoms with Crippen molar-refractivity contribution in [2.24, 2.45) is 7.05 Å². The number of benzene rings is 2. The molecule has 0 bridgehead atoms. The van der Waals surface area contributed by atoms with E-state index in [4.69, 9.17) is 4.74 Å². The highest BCUT2D eigenvalue weighted by Crippen LogP contribution is 2.27. The normalized spacial score (nSPS) is 13.1. The van der Waals surface area contributed by atoms with E-state index in [1.807, 2.05) is 60.1 Å². The standard InChI is InChI=1S/C23H26N2O3/c1-5-15(2)17-10-6-8-12-20(17)24-22(26)16(3)28-23(27)19-14-25(4)21-13-9-7-11-18(19)21/h6-16H,5H2,1-4H3,(H,24,26)/t15-,16+/m0/s1. The molecule has 3 rings (SSSR count). The summed E-state index contributed by atoms with van der Waals surface area (Å²) in [5.74, 6) is -0.524. The molecule has 0 spiro atoms. The summed E-state index contributed by atoms with van der Waals surface area (Å²) in [5, 5.41) is 3.71. The zero-order valence-electron chi connectivity index (χ0n) is 16.7. The molecule has 1 N–H and O–H groups in total. The van der Waals surface area contributed by atoms with Crippen molar-refractivity contribution in [2.75, 3.05) is 5.32 Å². The number of anilines is 1. The Labute approximate surface area is 165 Å². The zero-order valence-corrected chi connectivity index (χ0v) is 16.7. The van der Waals surface area contributed by atoms with E-state index in [0.717, 1.165) is 28.6 Å². The van der Waals surface area contributed by atoms with Crippen molar-refractivity contribution in [1.82, 2.24) is 4.57 Å². The Bertz CT molecular complexity index is 1010. The second-order valence-electron chi connectivity index (χ2n) is 7.10. The van der Waals surface area contributed by atoms with Crippen molar-refractivity contribution in [3.05, 3.63) is 65.9 Å². The number of nitrogens with one attached hydrogen (secondary N) is 1. The van der Waals surface area contributed by atoms with Crippen LogP contribution in [-0.4, -0.2) is 22.5 Å². The fourth-order valence-electron chi connectivity index (χ4n) is 3.28. The predicted octanol–water partition coefficient (Wildman–Crippen LogP) is 4.88. The number of amides is 1. The Morgan fingerprint density at radius 1 is 1.07 bits per heavy atom. The topological polar surface area (TPSA) is 60.3 Å². The van der Waals surface area contributed by atoms with E-state index in [2.05, 4.69) is 19.2 Å². The van der Waals surface area contributed by atoms with Gasteiger partial charge in [-0.3, -0.25) is 4.79 Å². The van der Waals surface area contributed by atoms with E-state index in [-0.39, 0.29) is 5.91 Å². The summed E-state index contributed by atoms with van der Waals surface area (Å²) < 4.78 is 7.33. The highest BCUT2D eigenvalue weighted by atomic mass is 16.5. The first-order chi connectivity index (χ1) is 13.4. The average Bonchev–Trinajstić information content (AvgIpc) is 3.05. The Kier molecular flexibility index (Phi) is 5.83. The molecule has 2 atom stereocenters. The fourth-order valence-corrected chi connectivity index (χ4v) is 3.28. The first kappa shape index (κ1) is 19.7. The van der Waals surface area contributed by atoms with Gasteiger partial charge in [-0.05, 0) is 37.0 Å². The van der Waals surface area contributed by atoms with Gasteiger partial charge in [0, 0.05) is 29.8 Å². The fraction of sp³-hybridized carbons (Fsp3) is 0.304. The van der Waals surface area contributed by atoms with Crippen LogP contribution in [0.15, 0.2) is 54.7 Å². The molecule has 5 nitrogen and oxygen atoms in total. The zero-order chi connectivity index (χ0) is 20.3. The number of hydrogen-bond donors (Lipinski definition) is 1. The van der Waals surface area contributed by atoms with Gasteiger partial charge in [-0.1, -0.05) is 50.2 Å². The molecular formula is C23H26N2O3. The van der Waals surface area contributed by atoms with Crippen LogP contribution < -0.4 is 5.32 Å². The molecule has 28 heavy (non-hydrogen) atoms. The predicted molar refractivity (Wildman–Crippen MR) is 112 cm³/mol. The van der Waals surface area contributed by atoms with Crippen LogP contribution in [0.1, 0.15) is 49.0 Å². The summed E-state index contributed by atoms with van der Waals surface area (Å²) in [5.41, 5.74) is 3.23. The molecule has 1 heterocycles. The van der Waals surface area contributed by atoms with Crippen molar-refractivity contribution in [3.63, 3.8) is 0 Å². The highest BCUT2D eigenvalue weighted by Gasteiger charge is 2.22. The second-order valence-corrected chi connectivity index (χ2v) is 7.10. The van der Waals surface area contributed by atoms with E-state index in [1.165, 1.54) is 0 Å². The molecule has 0 aliphatic rings. The quantitative estimate of drug-likeness (QED) is 0.622. The van der Waals surface area contributed by atoms with E-state index in [1.54, 1.807) is 13.1 Å². The molecule has 1 aromatic heterocycles. The van der Waals surface area contributed by atoms with Crippen LogP contribution in [0.4, 0.5) is 5.69 Å².